The molecule has 0 amide bonds. The molecule has 0 spiro atoms. The van der Waals surface area contributed by atoms with Crippen molar-refractivity contribution in [3.63, 3.8) is 0 Å². The number of pyridine rings is 1. The summed E-state index contributed by atoms with van der Waals surface area (Å²) in [4.78, 5) is 6.37. The first-order valence-corrected chi connectivity index (χ1v) is 9.17. The Morgan fingerprint density at radius 2 is 2.04 bits per heavy atom. The molecule has 2 aliphatic heterocycles. The Labute approximate surface area is 152 Å². The summed E-state index contributed by atoms with van der Waals surface area (Å²) in [6.45, 7) is 4.38. The fourth-order valence-corrected chi connectivity index (χ4v) is 4.47. The minimum atomic E-state index is -0.913. The number of ether oxygens (including phenoxy) is 1. The molecule has 3 heterocycles. The van der Waals surface area contributed by atoms with E-state index in [9.17, 15) is 4.39 Å². The average molecular weight is 364 g/mol. The number of nitrogens with zero attached hydrogens (tertiary/aromatic N) is 2. The summed E-state index contributed by atoms with van der Waals surface area (Å²) < 4.78 is 19.6. The van der Waals surface area contributed by atoms with E-state index in [1.54, 1.807) is 6.20 Å². The number of fused-ring (bicyclic) bond motifs is 1. The summed E-state index contributed by atoms with van der Waals surface area (Å²) in [6, 6.07) is 5.98. The predicted molar refractivity (Wildman–Crippen MR) is 98.8 cm³/mol. The van der Waals surface area contributed by atoms with Crippen LogP contribution in [-0.4, -0.2) is 47.9 Å². The molecule has 2 N–H and O–H groups in total. The summed E-state index contributed by atoms with van der Waals surface area (Å²) in [5, 5.41) is 2.84. The number of anilines is 1. The Kier molecular flexibility index (Phi) is 4.34. The van der Waals surface area contributed by atoms with Crippen LogP contribution in [0.15, 0.2) is 24.4 Å². The van der Waals surface area contributed by atoms with Crippen LogP contribution < -0.4 is 5.73 Å². The first-order chi connectivity index (χ1) is 12.0. The van der Waals surface area contributed by atoms with Crippen molar-refractivity contribution < 1.29 is 9.13 Å². The fraction of sp³-hybridized carbons (Fsp3) is 0.526. The molecule has 0 saturated carbocycles. The predicted octanol–water partition coefficient (Wildman–Crippen LogP) is 3.78. The van der Waals surface area contributed by atoms with E-state index in [0.717, 1.165) is 47.3 Å². The molecule has 134 valence electrons. The summed E-state index contributed by atoms with van der Waals surface area (Å²) in [5.41, 5.74) is 6.48. The molecule has 0 radical (unpaired) electrons. The van der Waals surface area contributed by atoms with Gasteiger partial charge in [0.1, 0.15) is 12.0 Å². The van der Waals surface area contributed by atoms with Gasteiger partial charge in [0.25, 0.3) is 0 Å². The Balaban J connectivity index is 1.54. The molecule has 2 atom stereocenters. The van der Waals surface area contributed by atoms with Crippen LogP contribution in [0.4, 0.5) is 10.2 Å². The number of aromatic nitrogens is 1. The number of nitrogen functional groups attached to an aromatic ring is 1. The maximum absolute atomic E-state index is 14.2. The molecule has 0 bridgehead atoms. The third-order valence-electron chi connectivity index (χ3n) is 5.85. The topological polar surface area (TPSA) is 51.4 Å². The zero-order valence-corrected chi connectivity index (χ0v) is 15.1. The third kappa shape index (κ3) is 2.98. The molecule has 2 fully saturated rings. The zero-order valence-electron chi connectivity index (χ0n) is 14.3. The molecular formula is C19H23ClFN3O. The van der Waals surface area contributed by atoms with Gasteiger partial charge in [-0.05, 0) is 67.9 Å². The number of piperidine rings is 1. The number of rotatable bonds is 2. The lowest BCUT2D eigenvalue weighted by atomic mass is 9.85. The Morgan fingerprint density at radius 3 is 2.72 bits per heavy atom. The van der Waals surface area contributed by atoms with Crippen LogP contribution in [0.25, 0.3) is 10.8 Å². The molecule has 25 heavy (non-hydrogen) atoms. The number of likely N-dealkylation sites (tertiary alicyclic amines) is 1. The van der Waals surface area contributed by atoms with Crippen LogP contribution in [0.1, 0.15) is 31.2 Å². The van der Waals surface area contributed by atoms with E-state index >= 15 is 0 Å². The molecular weight excluding hydrogens is 341 g/mol. The third-order valence-corrected chi connectivity index (χ3v) is 6.18. The second kappa shape index (κ2) is 6.38. The number of benzene rings is 1. The Morgan fingerprint density at radius 1 is 1.28 bits per heavy atom. The van der Waals surface area contributed by atoms with Gasteiger partial charge in [0, 0.05) is 16.6 Å². The normalized spacial score (nSPS) is 28.7. The molecule has 6 heteroatoms. The van der Waals surface area contributed by atoms with Crippen LogP contribution in [-0.2, 0) is 4.74 Å². The van der Waals surface area contributed by atoms with E-state index in [1.807, 2.05) is 19.1 Å². The van der Waals surface area contributed by atoms with Crippen molar-refractivity contribution in [2.24, 2.45) is 0 Å². The lowest BCUT2D eigenvalue weighted by Crippen LogP contribution is -2.55. The van der Waals surface area contributed by atoms with E-state index in [4.69, 9.17) is 22.1 Å². The van der Waals surface area contributed by atoms with Gasteiger partial charge in [-0.1, -0.05) is 11.6 Å². The van der Waals surface area contributed by atoms with E-state index in [2.05, 4.69) is 16.0 Å². The number of hydrogen-bond donors (Lipinski definition) is 1. The van der Waals surface area contributed by atoms with Crippen molar-refractivity contribution in [2.45, 2.75) is 37.4 Å². The zero-order chi connectivity index (χ0) is 17.6. The van der Waals surface area contributed by atoms with Crippen molar-refractivity contribution >= 4 is 28.2 Å². The molecule has 1 aromatic carbocycles. The number of alkyl halides is 1. The van der Waals surface area contributed by atoms with Gasteiger partial charge in [-0.2, -0.15) is 0 Å². The quantitative estimate of drug-likeness (QED) is 0.882. The second-order valence-corrected chi connectivity index (χ2v) is 7.84. The first kappa shape index (κ1) is 17.0. The van der Waals surface area contributed by atoms with Crippen LogP contribution in [0, 0.1) is 0 Å². The average Bonchev–Trinajstić information content (AvgIpc) is 2.95. The van der Waals surface area contributed by atoms with Gasteiger partial charge < -0.3 is 10.5 Å². The van der Waals surface area contributed by atoms with Crippen molar-refractivity contribution in [3.8, 4) is 0 Å². The highest BCUT2D eigenvalue weighted by Crippen LogP contribution is 2.39. The van der Waals surface area contributed by atoms with E-state index < -0.39 is 11.7 Å². The Hall–Kier alpha value is -1.43. The van der Waals surface area contributed by atoms with E-state index in [-0.39, 0.29) is 6.61 Å². The van der Waals surface area contributed by atoms with Gasteiger partial charge in [0.2, 0.25) is 0 Å². The van der Waals surface area contributed by atoms with Gasteiger partial charge in [0.05, 0.1) is 18.8 Å². The molecule has 2 saturated heterocycles. The van der Waals surface area contributed by atoms with Crippen molar-refractivity contribution in [3.05, 3.63) is 35.0 Å². The van der Waals surface area contributed by atoms with Crippen LogP contribution >= 0.6 is 11.6 Å². The maximum Gasteiger partial charge on any atom is 0.144 e. The lowest BCUT2D eigenvalue weighted by molar-refractivity contribution is 0.0298. The summed E-state index contributed by atoms with van der Waals surface area (Å²) in [7, 11) is 0. The van der Waals surface area contributed by atoms with Crippen molar-refractivity contribution in [2.75, 3.05) is 32.0 Å². The van der Waals surface area contributed by atoms with E-state index in [0.29, 0.717) is 18.3 Å². The largest absolute Gasteiger partial charge is 0.384 e. The van der Waals surface area contributed by atoms with Crippen LogP contribution in [0.3, 0.4) is 0 Å². The van der Waals surface area contributed by atoms with Crippen LogP contribution in [0.5, 0.6) is 0 Å². The van der Waals surface area contributed by atoms with Gasteiger partial charge in [-0.25, -0.2) is 9.37 Å². The Bertz CT molecular complexity index is 794. The highest BCUT2D eigenvalue weighted by Gasteiger charge is 2.46. The summed E-state index contributed by atoms with van der Waals surface area (Å²) in [6.07, 6.45) is 2.77. The van der Waals surface area contributed by atoms with Gasteiger partial charge in [-0.15, -0.1) is 0 Å². The lowest BCUT2D eigenvalue weighted by Gasteiger charge is -2.43. The maximum atomic E-state index is 14.2. The summed E-state index contributed by atoms with van der Waals surface area (Å²) in [5.74, 6) is 0.894. The highest BCUT2D eigenvalue weighted by atomic mass is 35.5. The minimum Gasteiger partial charge on any atom is -0.384 e. The van der Waals surface area contributed by atoms with Crippen LogP contribution in [0.2, 0.25) is 5.02 Å². The SMILES string of the molecule is C[C@@]1(N2CCC(c3cc4cc(N)ncc4cc3Cl)CC2)COCC1F. The van der Waals surface area contributed by atoms with Gasteiger partial charge in [0.15, 0.2) is 0 Å². The molecule has 4 rings (SSSR count). The fourth-order valence-electron chi connectivity index (χ4n) is 4.14. The number of nitrogens with two attached hydrogens (primary N) is 1. The smallest absolute Gasteiger partial charge is 0.144 e. The number of halogens is 2. The summed E-state index contributed by atoms with van der Waals surface area (Å²) >= 11 is 6.54. The monoisotopic (exact) mass is 363 g/mol. The first-order valence-electron chi connectivity index (χ1n) is 8.79. The highest BCUT2D eigenvalue weighted by molar-refractivity contribution is 6.32. The van der Waals surface area contributed by atoms with E-state index in [1.165, 1.54) is 0 Å². The molecule has 0 aliphatic carbocycles. The molecule has 1 aromatic heterocycles. The van der Waals surface area contributed by atoms with Crippen molar-refractivity contribution in [1.82, 2.24) is 9.88 Å². The molecule has 2 aliphatic rings. The second-order valence-electron chi connectivity index (χ2n) is 7.43. The molecule has 2 aromatic rings. The molecule has 4 nitrogen and oxygen atoms in total. The molecule has 1 unspecified atom stereocenters. The van der Waals surface area contributed by atoms with Gasteiger partial charge in [-0.3, -0.25) is 4.90 Å². The van der Waals surface area contributed by atoms with Gasteiger partial charge >= 0.3 is 0 Å². The number of hydrogen-bond acceptors (Lipinski definition) is 4. The minimum absolute atomic E-state index is 0.211. The van der Waals surface area contributed by atoms with Crippen molar-refractivity contribution in [1.29, 1.82) is 0 Å². The standard InChI is InChI=1S/C19H23ClFN3O/c1-19(11-25-10-17(19)21)24-4-2-12(3-5-24)15-6-13-8-18(22)23-9-14(13)7-16(15)20/h6-9,12,17H,2-5,10-11H2,1H3,(H2,22,23)/t17?,19-/m1/s1.